The highest BCUT2D eigenvalue weighted by molar-refractivity contribution is 8.00. The Balaban J connectivity index is 1.73. The molecule has 1 saturated carbocycles. The summed E-state index contributed by atoms with van der Waals surface area (Å²) in [5.41, 5.74) is 0. The molecule has 0 spiro atoms. The Morgan fingerprint density at radius 2 is 2.25 bits per heavy atom. The summed E-state index contributed by atoms with van der Waals surface area (Å²) in [7, 11) is 0. The second kappa shape index (κ2) is 2.41. The molecule has 12 heavy (non-hydrogen) atoms. The Labute approximate surface area is 76.7 Å². The second-order valence-electron chi connectivity index (χ2n) is 4.11. The molecule has 2 nitrogen and oxygen atoms in total. The maximum absolute atomic E-state index is 11.7. The minimum atomic E-state index is 0.425. The largest absolute Gasteiger partial charge is 0.337 e. The first kappa shape index (κ1) is 7.25. The molecule has 0 aromatic carbocycles. The number of fused-ring (bicyclic) bond motifs is 2. The van der Waals surface area contributed by atoms with Crippen molar-refractivity contribution in [2.45, 2.75) is 30.6 Å². The number of likely N-dealkylation sites (tertiary alicyclic amines) is 1. The van der Waals surface area contributed by atoms with E-state index in [1.807, 2.05) is 0 Å². The van der Waals surface area contributed by atoms with Crippen LogP contribution in [0.4, 0.5) is 0 Å². The van der Waals surface area contributed by atoms with E-state index in [1.54, 1.807) is 0 Å². The number of amides is 1. The van der Waals surface area contributed by atoms with Crippen molar-refractivity contribution in [2.75, 3.05) is 12.3 Å². The summed E-state index contributed by atoms with van der Waals surface area (Å²) in [6.45, 7) is 1.05. The fourth-order valence-electron chi connectivity index (χ4n) is 2.23. The molecule has 2 heterocycles. The highest BCUT2D eigenvalue weighted by Crippen LogP contribution is 2.41. The quantitative estimate of drug-likeness (QED) is 0.607. The number of thioether (sulfide) groups is 1. The molecule has 0 N–H and O–H groups in total. The molecule has 2 bridgehead atoms. The minimum absolute atomic E-state index is 0.425. The topological polar surface area (TPSA) is 20.3 Å². The number of carbonyl (C=O) groups excluding carboxylic acids is 1. The zero-order chi connectivity index (χ0) is 8.13. The molecule has 1 amide bonds. The first-order chi connectivity index (χ1) is 5.84. The van der Waals surface area contributed by atoms with E-state index in [-0.39, 0.29) is 0 Å². The van der Waals surface area contributed by atoms with E-state index in [4.69, 9.17) is 0 Å². The van der Waals surface area contributed by atoms with Gasteiger partial charge in [-0.05, 0) is 19.3 Å². The Kier molecular flexibility index (Phi) is 1.45. The summed E-state index contributed by atoms with van der Waals surface area (Å²) < 4.78 is 0. The van der Waals surface area contributed by atoms with Crippen LogP contribution < -0.4 is 0 Å². The molecule has 3 rings (SSSR count). The molecular weight excluding hydrogens is 170 g/mol. The SMILES string of the molecule is O=C(C1CC1)N1C[C@H]2C[C@H]1CS2. The van der Waals surface area contributed by atoms with Gasteiger partial charge in [-0.15, -0.1) is 0 Å². The van der Waals surface area contributed by atoms with Crippen molar-refractivity contribution in [3.05, 3.63) is 0 Å². The molecule has 3 aliphatic rings. The predicted molar refractivity (Wildman–Crippen MR) is 49.1 cm³/mol. The number of hydrogen-bond donors (Lipinski definition) is 0. The monoisotopic (exact) mass is 183 g/mol. The second-order valence-corrected chi connectivity index (χ2v) is 5.44. The lowest BCUT2D eigenvalue weighted by atomic mass is 10.2. The summed E-state index contributed by atoms with van der Waals surface area (Å²) in [6, 6.07) is 0.605. The lowest BCUT2D eigenvalue weighted by Gasteiger charge is -2.26. The highest BCUT2D eigenvalue weighted by atomic mass is 32.2. The van der Waals surface area contributed by atoms with E-state index in [2.05, 4.69) is 16.7 Å². The Hall–Kier alpha value is -0.180. The molecule has 0 radical (unpaired) electrons. The Morgan fingerprint density at radius 3 is 2.75 bits per heavy atom. The normalized spacial score (nSPS) is 39.2. The lowest BCUT2D eigenvalue weighted by molar-refractivity contribution is -0.133. The van der Waals surface area contributed by atoms with Gasteiger partial charge >= 0.3 is 0 Å². The third-order valence-electron chi connectivity index (χ3n) is 3.11. The van der Waals surface area contributed by atoms with Crippen LogP contribution in [0.15, 0.2) is 0 Å². The van der Waals surface area contributed by atoms with Crippen LogP contribution in [0, 0.1) is 5.92 Å². The van der Waals surface area contributed by atoms with Crippen LogP contribution in [0.25, 0.3) is 0 Å². The van der Waals surface area contributed by atoms with Gasteiger partial charge in [0.05, 0.1) is 0 Å². The fourth-order valence-corrected chi connectivity index (χ4v) is 3.67. The Bertz CT molecular complexity index is 227. The molecule has 1 aliphatic carbocycles. The molecule has 3 fully saturated rings. The molecule has 0 aromatic rings. The molecule has 0 unspecified atom stereocenters. The number of rotatable bonds is 1. The van der Waals surface area contributed by atoms with Gasteiger partial charge in [-0.2, -0.15) is 11.8 Å². The van der Waals surface area contributed by atoms with Gasteiger partial charge in [0.15, 0.2) is 0 Å². The van der Waals surface area contributed by atoms with Crippen LogP contribution in [0.2, 0.25) is 0 Å². The van der Waals surface area contributed by atoms with Gasteiger partial charge in [0, 0.05) is 29.5 Å². The van der Waals surface area contributed by atoms with Crippen LogP contribution >= 0.6 is 11.8 Å². The van der Waals surface area contributed by atoms with Gasteiger partial charge in [0.2, 0.25) is 5.91 Å². The zero-order valence-corrected chi connectivity index (χ0v) is 7.85. The van der Waals surface area contributed by atoms with Gasteiger partial charge in [0.25, 0.3) is 0 Å². The van der Waals surface area contributed by atoms with Crippen molar-refractivity contribution in [3.8, 4) is 0 Å². The van der Waals surface area contributed by atoms with E-state index in [1.165, 1.54) is 12.2 Å². The van der Waals surface area contributed by atoms with E-state index < -0.39 is 0 Å². The van der Waals surface area contributed by atoms with Crippen molar-refractivity contribution in [2.24, 2.45) is 5.92 Å². The molecule has 66 valence electrons. The van der Waals surface area contributed by atoms with Crippen LogP contribution in [0.5, 0.6) is 0 Å². The van der Waals surface area contributed by atoms with E-state index >= 15 is 0 Å². The van der Waals surface area contributed by atoms with Crippen LogP contribution in [0.3, 0.4) is 0 Å². The lowest BCUT2D eigenvalue weighted by Crippen LogP contribution is -2.40. The van der Waals surface area contributed by atoms with Crippen molar-refractivity contribution >= 4 is 17.7 Å². The van der Waals surface area contributed by atoms with E-state index in [9.17, 15) is 4.79 Å². The zero-order valence-electron chi connectivity index (χ0n) is 7.03. The van der Waals surface area contributed by atoms with Gasteiger partial charge in [-0.3, -0.25) is 4.79 Å². The van der Waals surface area contributed by atoms with E-state index in [0.29, 0.717) is 17.9 Å². The van der Waals surface area contributed by atoms with Crippen molar-refractivity contribution in [1.82, 2.24) is 4.90 Å². The molecule has 2 aliphatic heterocycles. The van der Waals surface area contributed by atoms with Gasteiger partial charge in [-0.25, -0.2) is 0 Å². The summed E-state index contributed by atoms with van der Waals surface area (Å²) in [4.78, 5) is 13.9. The van der Waals surface area contributed by atoms with Crippen molar-refractivity contribution < 1.29 is 4.79 Å². The fraction of sp³-hybridized carbons (Fsp3) is 0.889. The number of nitrogens with zero attached hydrogens (tertiary/aromatic N) is 1. The number of hydrogen-bond acceptors (Lipinski definition) is 2. The minimum Gasteiger partial charge on any atom is -0.337 e. The predicted octanol–water partition coefficient (Wildman–Crippen LogP) is 1.11. The van der Waals surface area contributed by atoms with Crippen LogP contribution in [0.1, 0.15) is 19.3 Å². The summed E-state index contributed by atoms with van der Waals surface area (Å²) in [5.74, 6) is 2.08. The van der Waals surface area contributed by atoms with Crippen LogP contribution in [-0.4, -0.2) is 34.4 Å². The van der Waals surface area contributed by atoms with Gasteiger partial charge in [-0.1, -0.05) is 0 Å². The highest BCUT2D eigenvalue weighted by Gasteiger charge is 2.44. The molecule has 0 aromatic heterocycles. The summed E-state index contributed by atoms with van der Waals surface area (Å²) >= 11 is 2.05. The van der Waals surface area contributed by atoms with Crippen molar-refractivity contribution in [1.29, 1.82) is 0 Å². The summed E-state index contributed by atoms with van der Waals surface area (Å²) in [5, 5.41) is 0.776. The number of carbonyl (C=O) groups is 1. The van der Waals surface area contributed by atoms with Crippen LogP contribution in [-0.2, 0) is 4.79 Å². The average Bonchev–Trinajstić information content (AvgIpc) is 2.73. The molecule has 2 saturated heterocycles. The van der Waals surface area contributed by atoms with Gasteiger partial charge in [0.1, 0.15) is 0 Å². The standard InChI is InChI=1S/C9H13NOS/c11-9(6-1-2-6)10-4-8-3-7(10)5-12-8/h6-8H,1-5H2/t7-,8+/m0/s1. The third-order valence-corrected chi connectivity index (χ3v) is 4.50. The smallest absolute Gasteiger partial charge is 0.225 e. The van der Waals surface area contributed by atoms with E-state index in [0.717, 1.165) is 24.6 Å². The summed E-state index contributed by atoms with van der Waals surface area (Å²) in [6.07, 6.45) is 3.57. The maximum atomic E-state index is 11.7. The van der Waals surface area contributed by atoms with Crippen molar-refractivity contribution in [3.63, 3.8) is 0 Å². The average molecular weight is 183 g/mol. The van der Waals surface area contributed by atoms with Gasteiger partial charge < -0.3 is 4.90 Å². The third kappa shape index (κ3) is 0.987. The molecular formula is C9H13NOS. The first-order valence-electron chi connectivity index (χ1n) is 4.76. The molecule has 2 atom stereocenters. The molecule has 3 heteroatoms. The Morgan fingerprint density at radius 1 is 1.42 bits per heavy atom. The first-order valence-corrected chi connectivity index (χ1v) is 5.81. The maximum Gasteiger partial charge on any atom is 0.225 e.